The molecule has 9 heteroatoms. The molecule has 1 rings (SSSR count). The number of nitrogens with zero attached hydrogens (tertiary/aromatic N) is 4. The van der Waals surface area contributed by atoms with Crippen molar-refractivity contribution in [1.82, 2.24) is 19.3 Å². The number of hydrogen-bond acceptors (Lipinski definition) is 5. The maximum absolute atomic E-state index is 12.4. The second-order valence-electron chi connectivity index (χ2n) is 3.74. The first-order valence-electron chi connectivity index (χ1n) is 5.00. The first-order valence-corrected chi connectivity index (χ1v) is 7.23. The van der Waals surface area contributed by atoms with E-state index in [0.717, 1.165) is 0 Å². The van der Waals surface area contributed by atoms with Crippen molar-refractivity contribution in [3.05, 3.63) is 4.60 Å². The van der Waals surface area contributed by atoms with Gasteiger partial charge in [-0.05, 0) is 29.8 Å². The summed E-state index contributed by atoms with van der Waals surface area (Å²) in [6, 6.07) is -0.256. The topological polar surface area (TPSA) is 88.3 Å². The van der Waals surface area contributed by atoms with E-state index in [2.05, 4.69) is 26.2 Å². The Morgan fingerprint density at radius 3 is 2.47 bits per heavy atom. The van der Waals surface area contributed by atoms with Crippen LogP contribution in [0.25, 0.3) is 0 Å². The van der Waals surface area contributed by atoms with E-state index in [9.17, 15) is 8.42 Å². The van der Waals surface area contributed by atoms with Crippen LogP contribution in [0.3, 0.4) is 0 Å². The molecule has 0 atom stereocenters. The van der Waals surface area contributed by atoms with Gasteiger partial charge < -0.3 is 5.11 Å². The van der Waals surface area contributed by atoms with Gasteiger partial charge in [0.25, 0.3) is 10.0 Å². The molecule has 1 N–H and O–H groups in total. The Labute approximate surface area is 109 Å². The Balaban J connectivity index is 3.26. The zero-order valence-electron chi connectivity index (χ0n) is 9.83. The van der Waals surface area contributed by atoms with E-state index in [1.165, 1.54) is 16.0 Å². The minimum Gasteiger partial charge on any atom is -0.395 e. The van der Waals surface area contributed by atoms with E-state index in [-0.39, 0.29) is 28.8 Å². The van der Waals surface area contributed by atoms with Crippen LogP contribution in [-0.2, 0) is 17.1 Å². The molecule has 7 nitrogen and oxygen atoms in total. The Morgan fingerprint density at radius 1 is 1.53 bits per heavy atom. The predicted molar refractivity (Wildman–Crippen MR) is 64.8 cm³/mol. The fourth-order valence-electron chi connectivity index (χ4n) is 1.46. The number of sulfonamides is 1. The number of hydrogen-bond donors (Lipinski definition) is 1. The monoisotopic (exact) mass is 326 g/mol. The van der Waals surface area contributed by atoms with Gasteiger partial charge in [0, 0.05) is 19.6 Å². The first-order chi connectivity index (χ1) is 7.82. The lowest BCUT2D eigenvalue weighted by Gasteiger charge is -2.24. The molecule has 0 aliphatic rings. The van der Waals surface area contributed by atoms with E-state index >= 15 is 0 Å². The third kappa shape index (κ3) is 2.84. The van der Waals surface area contributed by atoms with Gasteiger partial charge in [-0.1, -0.05) is 5.21 Å². The third-order valence-electron chi connectivity index (χ3n) is 2.19. The minimum absolute atomic E-state index is 0.0142. The lowest BCUT2D eigenvalue weighted by Crippen LogP contribution is -2.39. The van der Waals surface area contributed by atoms with Crippen molar-refractivity contribution in [3.63, 3.8) is 0 Å². The quantitative estimate of drug-likeness (QED) is 0.820. The molecule has 0 aliphatic carbocycles. The second kappa shape index (κ2) is 5.42. The summed E-state index contributed by atoms with van der Waals surface area (Å²) >= 11 is 3.06. The molecule has 0 unspecified atom stereocenters. The summed E-state index contributed by atoms with van der Waals surface area (Å²) in [5, 5.41) is 16.2. The number of rotatable bonds is 5. The van der Waals surface area contributed by atoms with E-state index < -0.39 is 10.0 Å². The summed E-state index contributed by atoms with van der Waals surface area (Å²) in [7, 11) is -2.21. The van der Waals surface area contributed by atoms with Crippen molar-refractivity contribution >= 4 is 26.0 Å². The lowest BCUT2D eigenvalue weighted by molar-refractivity contribution is 0.236. The zero-order valence-corrected chi connectivity index (χ0v) is 12.2. The average Bonchev–Trinajstić information content (AvgIpc) is 2.54. The molecule has 98 valence electrons. The number of aromatic nitrogens is 3. The van der Waals surface area contributed by atoms with Gasteiger partial charge in [0.05, 0.1) is 6.61 Å². The van der Waals surface area contributed by atoms with Crippen LogP contribution in [0.5, 0.6) is 0 Å². The van der Waals surface area contributed by atoms with Crippen LogP contribution in [0.1, 0.15) is 13.8 Å². The molecule has 0 bridgehead atoms. The van der Waals surface area contributed by atoms with Gasteiger partial charge in [0.2, 0.25) is 5.03 Å². The molecule has 0 spiro atoms. The standard InChI is InChI=1S/C8H15BrN4O3S/c1-6(2)13(4-5-14)17(15,16)8-7(9)10-11-12(8)3/h6,14H,4-5H2,1-3H3. The van der Waals surface area contributed by atoms with Gasteiger partial charge in [-0.2, -0.15) is 4.31 Å². The van der Waals surface area contributed by atoms with Gasteiger partial charge in [0.1, 0.15) is 0 Å². The normalized spacial score (nSPS) is 12.6. The maximum Gasteiger partial charge on any atom is 0.263 e. The molecule has 0 fully saturated rings. The predicted octanol–water partition coefficient (Wildman–Crippen LogP) is -0.0310. The molecule has 0 radical (unpaired) electrons. The summed E-state index contributed by atoms with van der Waals surface area (Å²) in [6.07, 6.45) is 0. The Morgan fingerprint density at radius 2 is 2.12 bits per heavy atom. The SMILES string of the molecule is CC(C)N(CCO)S(=O)(=O)c1c(Br)nnn1C. The molecule has 17 heavy (non-hydrogen) atoms. The summed E-state index contributed by atoms with van der Waals surface area (Å²) in [4.78, 5) is 0. The van der Waals surface area contributed by atoms with Crippen molar-refractivity contribution in [3.8, 4) is 0 Å². The highest BCUT2D eigenvalue weighted by atomic mass is 79.9. The number of halogens is 1. The highest BCUT2D eigenvalue weighted by molar-refractivity contribution is 9.10. The Kier molecular flexibility index (Phi) is 4.64. The highest BCUT2D eigenvalue weighted by Crippen LogP contribution is 2.23. The van der Waals surface area contributed by atoms with Crippen LogP contribution < -0.4 is 0 Å². The van der Waals surface area contributed by atoms with Crippen LogP contribution in [0.2, 0.25) is 0 Å². The maximum atomic E-state index is 12.4. The van der Waals surface area contributed by atoms with Gasteiger partial charge >= 0.3 is 0 Å². The molecule has 0 saturated heterocycles. The van der Waals surface area contributed by atoms with Gasteiger partial charge in [-0.25, -0.2) is 13.1 Å². The van der Waals surface area contributed by atoms with Crippen LogP contribution in [-0.4, -0.2) is 52.0 Å². The summed E-state index contributed by atoms with van der Waals surface area (Å²) in [5.41, 5.74) is 0. The van der Waals surface area contributed by atoms with Crippen molar-refractivity contribution in [2.24, 2.45) is 7.05 Å². The number of aliphatic hydroxyl groups is 1. The molecule has 0 aromatic carbocycles. The van der Waals surface area contributed by atoms with Crippen molar-refractivity contribution < 1.29 is 13.5 Å². The van der Waals surface area contributed by atoms with E-state index in [4.69, 9.17) is 5.11 Å². The number of aliphatic hydroxyl groups excluding tert-OH is 1. The second-order valence-corrected chi connectivity index (χ2v) is 6.30. The summed E-state index contributed by atoms with van der Waals surface area (Å²) in [5.74, 6) is 0. The molecule has 0 saturated carbocycles. The Hall–Kier alpha value is -0.510. The third-order valence-corrected chi connectivity index (χ3v) is 5.15. The zero-order chi connectivity index (χ0) is 13.2. The Bertz CT molecular complexity index is 465. The van der Waals surface area contributed by atoms with Crippen LogP contribution in [0.4, 0.5) is 0 Å². The van der Waals surface area contributed by atoms with Crippen LogP contribution in [0, 0.1) is 0 Å². The van der Waals surface area contributed by atoms with Gasteiger partial charge in [-0.3, -0.25) is 0 Å². The first kappa shape index (κ1) is 14.6. The smallest absolute Gasteiger partial charge is 0.263 e. The van der Waals surface area contributed by atoms with E-state index in [1.807, 2.05) is 0 Å². The highest BCUT2D eigenvalue weighted by Gasteiger charge is 2.32. The average molecular weight is 327 g/mol. The van der Waals surface area contributed by atoms with Crippen molar-refractivity contribution in [1.29, 1.82) is 0 Å². The molecular weight excluding hydrogens is 312 g/mol. The van der Waals surface area contributed by atoms with Crippen LogP contribution in [0.15, 0.2) is 9.63 Å². The molecule has 1 aromatic rings. The van der Waals surface area contributed by atoms with Gasteiger partial charge in [-0.15, -0.1) is 5.10 Å². The molecular formula is C8H15BrN4O3S. The minimum atomic E-state index is -3.72. The molecule has 0 aliphatic heterocycles. The molecule has 1 aromatic heterocycles. The fraction of sp³-hybridized carbons (Fsp3) is 0.750. The summed E-state index contributed by atoms with van der Waals surface area (Å²) < 4.78 is 27.3. The lowest BCUT2D eigenvalue weighted by atomic mass is 10.4. The van der Waals surface area contributed by atoms with Crippen molar-refractivity contribution in [2.45, 2.75) is 24.9 Å². The fourth-order valence-corrected chi connectivity index (χ4v) is 4.13. The van der Waals surface area contributed by atoms with E-state index in [0.29, 0.717) is 0 Å². The summed E-state index contributed by atoms with van der Waals surface area (Å²) in [6.45, 7) is 3.29. The molecule has 1 heterocycles. The van der Waals surface area contributed by atoms with E-state index in [1.54, 1.807) is 13.8 Å². The molecule has 0 amide bonds. The van der Waals surface area contributed by atoms with Crippen molar-refractivity contribution in [2.75, 3.05) is 13.2 Å². The van der Waals surface area contributed by atoms with Gasteiger partial charge in [0.15, 0.2) is 4.60 Å². The number of aryl methyl sites for hydroxylation is 1. The largest absolute Gasteiger partial charge is 0.395 e. The van der Waals surface area contributed by atoms with Crippen LogP contribution >= 0.6 is 15.9 Å².